The maximum Gasteiger partial charge on any atom is 0.0560 e. The van der Waals surface area contributed by atoms with E-state index in [4.69, 9.17) is 4.74 Å². The van der Waals surface area contributed by atoms with Gasteiger partial charge in [-0.1, -0.05) is 34.1 Å². The molecule has 1 aromatic rings. The van der Waals surface area contributed by atoms with Gasteiger partial charge in [0, 0.05) is 16.0 Å². The molecule has 1 nitrogen and oxygen atoms in total. The van der Waals surface area contributed by atoms with Gasteiger partial charge in [0.25, 0.3) is 0 Å². The SMILES string of the molecule is CC(C)OCCSCc1ccccc1Br. The van der Waals surface area contributed by atoms with Crippen molar-refractivity contribution in [2.24, 2.45) is 0 Å². The Kier molecular flexibility index (Phi) is 6.37. The third kappa shape index (κ3) is 5.59. The lowest BCUT2D eigenvalue weighted by Gasteiger charge is -2.07. The first-order valence-electron chi connectivity index (χ1n) is 5.13. The smallest absolute Gasteiger partial charge is 0.0560 e. The Bertz CT molecular complexity index is 289. The molecular formula is C12H17BrOS. The van der Waals surface area contributed by atoms with Crippen LogP contribution in [-0.4, -0.2) is 18.5 Å². The summed E-state index contributed by atoms with van der Waals surface area (Å²) in [7, 11) is 0. The number of benzene rings is 1. The van der Waals surface area contributed by atoms with Crippen LogP contribution in [0.25, 0.3) is 0 Å². The summed E-state index contributed by atoms with van der Waals surface area (Å²) in [6, 6.07) is 8.35. The Labute approximate surface area is 105 Å². The van der Waals surface area contributed by atoms with Gasteiger partial charge in [-0.25, -0.2) is 0 Å². The van der Waals surface area contributed by atoms with Crippen LogP contribution < -0.4 is 0 Å². The predicted octanol–water partition coefficient (Wildman–Crippen LogP) is 4.11. The maximum absolute atomic E-state index is 5.48. The Morgan fingerprint density at radius 1 is 1.33 bits per heavy atom. The fourth-order valence-corrected chi connectivity index (χ4v) is 2.58. The first-order valence-corrected chi connectivity index (χ1v) is 7.07. The largest absolute Gasteiger partial charge is 0.378 e. The summed E-state index contributed by atoms with van der Waals surface area (Å²) in [4.78, 5) is 0. The third-order valence-electron chi connectivity index (χ3n) is 1.89. The van der Waals surface area contributed by atoms with E-state index in [1.54, 1.807) is 0 Å². The lowest BCUT2D eigenvalue weighted by Crippen LogP contribution is -2.05. The van der Waals surface area contributed by atoms with Crippen LogP contribution in [-0.2, 0) is 10.5 Å². The summed E-state index contributed by atoms with van der Waals surface area (Å²) in [6.07, 6.45) is 0.342. The van der Waals surface area contributed by atoms with Crippen molar-refractivity contribution in [3.8, 4) is 0 Å². The average molecular weight is 289 g/mol. The van der Waals surface area contributed by atoms with E-state index in [1.807, 2.05) is 17.8 Å². The molecule has 0 atom stereocenters. The minimum Gasteiger partial charge on any atom is -0.378 e. The van der Waals surface area contributed by atoms with E-state index >= 15 is 0 Å². The highest BCUT2D eigenvalue weighted by Crippen LogP contribution is 2.21. The van der Waals surface area contributed by atoms with Gasteiger partial charge in [0.05, 0.1) is 12.7 Å². The number of hydrogen-bond acceptors (Lipinski definition) is 2. The monoisotopic (exact) mass is 288 g/mol. The second-order valence-corrected chi connectivity index (χ2v) is 5.52. The molecule has 0 fully saturated rings. The molecule has 0 N–H and O–H groups in total. The van der Waals surface area contributed by atoms with Crippen LogP contribution in [0.4, 0.5) is 0 Å². The van der Waals surface area contributed by atoms with Gasteiger partial charge in [-0.3, -0.25) is 0 Å². The van der Waals surface area contributed by atoms with Crippen molar-refractivity contribution in [2.45, 2.75) is 25.7 Å². The molecule has 1 rings (SSSR count). The van der Waals surface area contributed by atoms with Crippen LogP contribution in [0, 0.1) is 0 Å². The molecule has 15 heavy (non-hydrogen) atoms. The zero-order valence-corrected chi connectivity index (χ0v) is 11.6. The highest BCUT2D eigenvalue weighted by Gasteiger charge is 1.98. The van der Waals surface area contributed by atoms with E-state index in [1.165, 1.54) is 10.0 Å². The minimum atomic E-state index is 0.342. The molecule has 0 spiro atoms. The quantitative estimate of drug-likeness (QED) is 0.729. The highest BCUT2D eigenvalue weighted by molar-refractivity contribution is 9.10. The van der Waals surface area contributed by atoms with E-state index < -0.39 is 0 Å². The molecule has 0 saturated carbocycles. The van der Waals surface area contributed by atoms with E-state index in [2.05, 4.69) is 48.0 Å². The van der Waals surface area contributed by atoms with Crippen molar-refractivity contribution >= 4 is 27.7 Å². The van der Waals surface area contributed by atoms with E-state index in [0.29, 0.717) is 6.10 Å². The van der Waals surface area contributed by atoms with Crippen molar-refractivity contribution < 1.29 is 4.74 Å². The summed E-state index contributed by atoms with van der Waals surface area (Å²) in [6.45, 7) is 4.98. The number of thioether (sulfide) groups is 1. The third-order valence-corrected chi connectivity index (χ3v) is 3.64. The van der Waals surface area contributed by atoms with Crippen LogP contribution in [0.1, 0.15) is 19.4 Å². The number of halogens is 1. The van der Waals surface area contributed by atoms with Gasteiger partial charge in [0.15, 0.2) is 0 Å². The molecule has 0 unspecified atom stereocenters. The van der Waals surface area contributed by atoms with Crippen LogP contribution in [0.3, 0.4) is 0 Å². The second-order valence-electron chi connectivity index (χ2n) is 3.56. The molecular weight excluding hydrogens is 272 g/mol. The summed E-state index contributed by atoms with van der Waals surface area (Å²) >= 11 is 5.45. The number of rotatable bonds is 6. The van der Waals surface area contributed by atoms with Crippen LogP contribution >= 0.6 is 27.7 Å². The molecule has 0 bridgehead atoms. The van der Waals surface area contributed by atoms with Crippen molar-refractivity contribution in [2.75, 3.05) is 12.4 Å². The first-order chi connectivity index (χ1) is 7.20. The molecule has 84 valence electrons. The molecule has 0 aliphatic rings. The fraction of sp³-hybridized carbons (Fsp3) is 0.500. The molecule has 0 amide bonds. The van der Waals surface area contributed by atoms with E-state index in [-0.39, 0.29) is 0 Å². The molecule has 0 aromatic heterocycles. The normalized spacial score (nSPS) is 10.9. The van der Waals surface area contributed by atoms with Crippen LogP contribution in [0.5, 0.6) is 0 Å². The van der Waals surface area contributed by atoms with Gasteiger partial charge in [0.1, 0.15) is 0 Å². The number of ether oxygens (including phenoxy) is 1. The van der Waals surface area contributed by atoms with Gasteiger partial charge >= 0.3 is 0 Å². The highest BCUT2D eigenvalue weighted by atomic mass is 79.9. The van der Waals surface area contributed by atoms with Crippen molar-refractivity contribution in [3.63, 3.8) is 0 Å². The molecule has 0 heterocycles. The van der Waals surface area contributed by atoms with Gasteiger partial charge < -0.3 is 4.74 Å². The molecule has 0 radical (unpaired) electrons. The molecule has 1 aromatic carbocycles. The van der Waals surface area contributed by atoms with Gasteiger partial charge in [-0.05, 0) is 25.5 Å². The van der Waals surface area contributed by atoms with Crippen molar-refractivity contribution in [1.29, 1.82) is 0 Å². The summed E-state index contributed by atoms with van der Waals surface area (Å²) < 4.78 is 6.67. The molecule has 0 saturated heterocycles. The maximum atomic E-state index is 5.48. The van der Waals surface area contributed by atoms with Crippen LogP contribution in [0.2, 0.25) is 0 Å². The molecule has 3 heteroatoms. The lowest BCUT2D eigenvalue weighted by atomic mass is 10.2. The topological polar surface area (TPSA) is 9.23 Å². The lowest BCUT2D eigenvalue weighted by molar-refractivity contribution is 0.0920. The fourth-order valence-electron chi connectivity index (χ4n) is 1.14. The summed E-state index contributed by atoms with van der Waals surface area (Å²) in [5.74, 6) is 2.10. The minimum absolute atomic E-state index is 0.342. The summed E-state index contributed by atoms with van der Waals surface area (Å²) in [5.41, 5.74) is 1.35. The zero-order valence-electron chi connectivity index (χ0n) is 9.20. The standard InChI is InChI=1S/C12H17BrOS/c1-10(2)14-7-8-15-9-11-5-3-4-6-12(11)13/h3-6,10H,7-9H2,1-2H3. The Hall–Kier alpha value is 0.01000. The van der Waals surface area contributed by atoms with Gasteiger partial charge in [0.2, 0.25) is 0 Å². The summed E-state index contributed by atoms with van der Waals surface area (Å²) in [5, 5.41) is 0. The Balaban J connectivity index is 2.18. The zero-order chi connectivity index (χ0) is 11.1. The predicted molar refractivity (Wildman–Crippen MR) is 71.4 cm³/mol. The first kappa shape index (κ1) is 13.1. The average Bonchev–Trinajstić information content (AvgIpc) is 2.20. The molecule has 0 aliphatic heterocycles. The van der Waals surface area contributed by atoms with E-state index in [9.17, 15) is 0 Å². The van der Waals surface area contributed by atoms with Crippen molar-refractivity contribution in [3.05, 3.63) is 34.3 Å². The molecule has 0 aliphatic carbocycles. The Morgan fingerprint density at radius 3 is 2.73 bits per heavy atom. The number of hydrogen-bond donors (Lipinski definition) is 0. The van der Waals surface area contributed by atoms with Gasteiger partial charge in [-0.2, -0.15) is 11.8 Å². The van der Waals surface area contributed by atoms with Gasteiger partial charge in [-0.15, -0.1) is 0 Å². The second kappa shape index (κ2) is 7.31. The Morgan fingerprint density at radius 2 is 2.07 bits per heavy atom. The van der Waals surface area contributed by atoms with Crippen LogP contribution in [0.15, 0.2) is 28.7 Å². The van der Waals surface area contributed by atoms with E-state index in [0.717, 1.165) is 18.1 Å². The van der Waals surface area contributed by atoms with Crippen molar-refractivity contribution in [1.82, 2.24) is 0 Å².